The van der Waals surface area contributed by atoms with Crippen molar-refractivity contribution in [3.05, 3.63) is 36.4 Å². The molecule has 0 radical (unpaired) electrons. The summed E-state index contributed by atoms with van der Waals surface area (Å²) in [4.78, 5) is 15.3. The fraction of sp³-hybridized carbons (Fsp3) is 0.286. The largest absolute Gasteiger partial charge is 0.444 e. The molecule has 4 nitrogen and oxygen atoms in total. The lowest BCUT2D eigenvalue weighted by molar-refractivity contribution is -0.137. The number of carbonyl (C=O) groups excluding carboxylic acids is 1. The number of alkyl halides is 3. The Kier molecular flexibility index (Phi) is 4.02. The Hall–Kier alpha value is -2.31. The Balaban J connectivity index is 2.45. The van der Waals surface area contributed by atoms with Crippen LogP contribution in [0.3, 0.4) is 0 Å². The van der Waals surface area contributed by atoms with E-state index >= 15 is 0 Å². The van der Waals surface area contributed by atoms with E-state index in [1.165, 1.54) is 12.3 Å². The van der Waals surface area contributed by atoms with Gasteiger partial charge in [-0.05, 0) is 18.2 Å². The van der Waals surface area contributed by atoms with E-state index in [1.54, 1.807) is 13.8 Å². The fourth-order valence-corrected chi connectivity index (χ4v) is 1.65. The quantitative estimate of drug-likeness (QED) is 0.933. The summed E-state index contributed by atoms with van der Waals surface area (Å²) in [5.74, 6) is -0.507. The molecule has 7 heteroatoms. The Morgan fingerprint density at radius 3 is 2.52 bits per heavy atom. The molecule has 1 N–H and O–H groups in total. The van der Waals surface area contributed by atoms with Crippen molar-refractivity contribution in [2.45, 2.75) is 20.0 Å². The molecule has 1 amide bonds. The first kappa shape index (κ1) is 15.1. The van der Waals surface area contributed by atoms with Crippen molar-refractivity contribution >= 4 is 11.6 Å². The van der Waals surface area contributed by atoms with Crippen LogP contribution in [-0.2, 0) is 11.0 Å². The van der Waals surface area contributed by atoms with Gasteiger partial charge in [0.25, 0.3) is 0 Å². The third-order valence-corrected chi connectivity index (χ3v) is 2.77. The topological polar surface area (TPSA) is 55.1 Å². The number of anilines is 1. The van der Waals surface area contributed by atoms with Crippen molar-refractivity contribution in [2.24, 2.45) is 5.92 Å². The second-order valence-corrected chi connectivity index (χ2v) is 4.81. The van der Waals surface area contributed by atoms with Crippen LogP contribution in [0.1, 0.15) is 19.4 Å². The summed E-state index contributed by atoms with van der Waals surface area (Å²) in [6.07, 6.45) is -2.08. The molecular weight excluding hydrogens is 285 g/mol. The van der Waals surface area contributed by atoms with Crippen LogP contribution in [0.4, 0.5) is 18.9 Å². The lowest BCUT2D eigenvalue weighted by Crippen LogP contribution is -2.18. The van der Waals surface area contributed by atoms with Crippen molar-refractivity contribution in [2.75, 3.05) is 5.32 Å². The van der Waals surface area contributed by atoms with Crippen LogP contribution in [0.5, 0.6) is 0 Å². The van der Waals surface area contributed by atoms with Gasteiger partial charge in [0.15, 0.2) is 12.2 Å². The van der Waals surface area contributed by atoms with Crippen LogP contribution >= 0.6 is 0 Å². The van der Waals surface area contributed by atoms with Gasteiger partial charge in [-0.2, -0.15) is 13.2 Å². The van der Waals surface area contributed by atoms with Gasteiger partial charge in [0, 0.05) is 17.2 Å². The number of benzene rings is 1. The summed E-state index contributed by atoms with van der Waals surface area (Å²) in [7, 11) is 0. The predicted molar refractivity (Wildman–Crippen MR) is 70.4 cm³/mol. The number of carbonyl (C=O) groups is 1. The Morgan fingerprint density at radius 1 is 1.29 bits per heavy atom. The molecule has 0 aliphatic rings. The van der Waals surface area contributed by atoms with Crippen LogP contribution in [0.25, 0.3) is 11.3 Å². The molecule has 0 aliphatic carbocycles. The molecule has 112 valence electrons. The van der Waals surface area contributed by atoms with Crippen molar-refractivity contribution in [3.8, 4) is 11.3 Å². The minimum atomic E-state index is -4.52. The first-order chi connectivity index (χ1) is 9.77. The summed E-state index contributed by atoms with van der Waals surface area (Å²) in [6.45, 7) is 3.31. The summed E-state index contributed by atoms with van der Waals surface area (Å²) < 4.78 is 43.8. The molecule has 1 aromatic heterocycles. The molecule has 0 spiro atoms. The molecule has 0 aliphatic heterocycles. The zero-order valence-corrected chi connectivity index (χ0v) is 11.4. The average Bonchev–Trinajstić information content (AvgIpc) is 2.91. The molecule has 0 atom stereocenters. The minimum absolute atomic E-state index is 0.0647. The maximum Gasteiger partial charge on any atom is 0.416 e. The van der Waals surface area contributed by atoms with Crippen LogP contribution in [0.15, 0.2) is 35.2 Å². The zero-order valence-electron chi connectivity index (χ0n) is 11.4. The van der Waals surface area contributed by atoms with Crippen LogP contribution in [0, 0.1) is 5.92 Å². The molecule has 1 heterocycles. The molecule has 0 saturated carbocycles. The molecule has 2 aromatic rings. The monoisotopic (exact) mass is 298 g/mol. The van der Waals surface area contributed by atoms with Gasteiger partial charge in [-0.1, -0.05) is 13.8 Å². The molecule has 0 saturated heterocycles. The van der Waals surface area contributed by atoms with E-state index in [2.05, 4.69) is 10.3 Å². The van der Waals surface area contributed by atoms with E-state index in [4.69, 9.17) is 4.42 Å². The number of nitrogens with one attached hydrogen (secondary N) is 1. The lowest BCUT2D eigenvalue weighted by atomic mass is 10.1. The van der Waals surface area contributed by atoms with Crippen molar-refractivity contribution in [1.82, 2.24) is 4.98 Å². The zero-order chi connectivity index (χ0) is 15.6. The van der Waals surface area contributed by atoms with E-state index < -0.39 is 11.7 Å². The van der Waals surface area contributed by atoms with Crippen molar-refractivity contribution < 1.29 is 22.4 Å². The molecule has 1 aromatic carbocycles. The highest BCUT2D eigenvalue weighted by Crippen LogP contribution is 2.34. The van der Waals surface area contributed by atoms with Crippen LogP contribution < -0.4 is 5.32 Å². The third kappa shape index (κ3) is 3.62. The summed E-state index contributed by atoms with van der Waals surface area (Å²) in [5.41, 5.74) is -0.605. The maximum atomic E-state index is 12.9. The first-order valence-corrected chi connectivity index (χ1v) is 6.19. The molecule has 0 bridgehead atoms. The van der Waals surface area contributed by atoms with Gasteiger partial charge in [-0.15, -0.1) is 0 Å². The van der Waals surface area contributed by atoms with Crippen LogP contribution in [-0.4, -0.2) is 10.9 Å². The van der Waals surface area contributed by atoms with Gasteiger partial charge >= 0.3 is 6.18 Å². The molecule has 0 unspecified atom stereocenters. The van der Waals surface area contributed by atoms with E-state index in [0.29, 0.717) is 0 Å². The number of oxazole rings is 1. The van der Waals surface area contributed by atoms with Crippen molar-refractivity contribution in [3.63, 3.8) is 0 Å². The number of halogens is 3. The molecular formula is C14H13F3N2O2. The third-order valence-electron chi connectivity index (χ3n) is 2.77. The highest BCUT2D eigenvalue weighted by atomic mass is 19.4. The maximum absolute atomic E-state index is 12.9. The van der Waals surface area contributed by atoms with Gasteiger partial charge in [0.2, 0.25) is 5.91 Å². The van der Waals surface area contributed by atoms with Crippen LogP contribution in [0.2, 0.25) is 0 Å². The lowest BCUT2D eigenvalue weighted by Gasteiger charge is -2.13. The number of rotatable bonds is 3. The van der Waals surface area contributed by atoms with E-state index in [0.717, 1.165) is 18.5 Å². The average molecular weight is 298 g/mol. The minimum Gasteiger partial charge on any atom is -0.444 e. The SMILES string of the molecule is CC(C)C(=O)Nc1cc(-c2cnco2)cc(C(F)(F)F)c1. The normalized spacial score (nSPS) is 11.7. The number of aromatic nitrogens is 1. The number of amides is 1. The Labute approximate surface area is 119 Å². The highest BCUT2D eigenvalue weighted by Gasteiger charge is 2.31. The second kappa shape index (κ2) is 5.59. The standard InChI is InChI=1S/C14H13F3N2O2/c1-8(2)13(20)19-11-4-9(12-6-18-7-21-12)3-10(5-11)14(15,16)17/h3-8H,1-2H3,(H,19,20). The van der Waals surface area contributed by atoms with E-state index in [-0.39, 0.29) is 28.8 Å². The smallest absolute Gasteiger partial charge is 0.416 e. The summed E-state index contributed by atoms with van der Waals surface area (Å²) in [5, 5.41) is 2.46. The fourth-order valence-electron chi connectivity index (χ4n) is 1.65. The number of nitrogens with zero attached hydrogens (tertiary/aromatic N) is 1. The molecule has 21 heavy (non-hydrogen) atoms. The Bertz CT molecular complexity index is 634. The van der Waals surface area contributed by atoms with Gasteiger partial charge in [0.05, 0.1) is 11.8 Å². The highest BCUT2D eigenvalue weighted by molar-refractivity contribution is 5.92. The number of hydrogen-bond acceptors (Lipinski definition) is 3. The van der Waals surface area contributed by atoms with E-state index in [9.17, 15) is 18.0 Å². The van der Waals surface area contributed by atoms with Gasteiger partial charge in [-0.3, -0.25) is 4.79 Å². The molecule has 2 rings (SSSR count). The van der Waals surface area contributed by atoms with E-state index in [1.807, 2.05) is 0 Å². The second-order valence-electron chi connectivity index (χ2n) is 4.81. The van der Waals surface area contributed by atoms with Gasteiger partial charge < -0.3 is 9.73 Å². The van der Waals surface area contributed by atoms with Gasteiger partial charge in [-0.25, -0.2) is 4.98 Å². The first-order valence-electron chi connectivity index (χ1n) is 6.19. The van der Waals surface area contributed by atoms with Gasteiger partial charge in [0.1, 0.15) is 0 Å². The summed E-state index contributed by atoms with van der Waals surface area (Å²) >= 11 is 0. The Morgan fingerprint density at radius 2 is 2.00 bits per heavy atom. The van der Waals surface area contributed by atoms with Crippen molar-refractivity contribution in [1.29, 1.82) is 0 Å². The molecule has 0 fully saturated rings. The number of hydrogen-bond donors (Lipinski definition) is 1. The predicted octanol–water partition coefficient (Wildman–Crippen LogP) is 3.95. The summed E-state index contributed by atoms with van der Waals surface area (Å²) in [6, 6.07) is 3.25.